The van der Waals surface area contributed by atoms with Gasteiger partial charge in [0.05, 0.1) is 17.3 Å². The summed E-state index contributed by atoms with van der Waals surface area (Å²) in [5.74, 6) is 0.823. The standard InChI is InChI=1S/C40H38N4O4S/c45-38(32-17-12-20-34(29-32)48-28-27-47-33-18-8-3-9-19-33)42-40(49)41-36-22-11-10-21-35(36)39(46)44-25-23-43(24-26-44)37(30-13-4-1-5-14-30)31-15-6-2-7-16-31/h1-22,29,37H,23-28H2,(H2,41,42,45,49). The number of nitrogens with one attached hydrogen (secondary N) is 2. The number of hydrogen-bond donors (Lipinski definition) is 2. The first-order valence-corrected chi connectivity index (χ1v) is 16.7. The van der Waals surface area contributed by atoms with Crippen LogP contribution >= 0.6 is 12.2 Å². The highest BCUT2D eigenvalue weighted by Crippen LogP contribution is 2.30. The van der Waals surface area contributed by atoms with E-state index >= 15 is 0 Å². The smallest absolute Gasteiger partial charge is 0.257 e. The van der Waals surface area contributed by atoms with Gasteiger partial charge in [-0.3, -0.25) is 19.8 Å². The van der Waals surface area contributed by atoms with Crippen LogP contribution in [0.25, 0.3) is 0 Å². The van der Waals surface area contributed by atoms with E-state index in [1.165, 1.54) is 11.1 Å². The summed E-state index contributed by atoms with van der Waals surface area (Å²) < 4.78 is 11.5. The molecule has 5 aromatic carbocycles. The van der Waals surface area contributed by atoms with Gasteiger partial charge in [-0.1, -0.05) is 97.1 Å². The number of rotatable bonds is 11. The fraction of sp³-hybridized carbons (Fsp3) is 0.175. The minimum absolute atomic E-state index is 0.0889. The molecule has 1 aliphatic heterocycles. The fourth-order valence-corrected chi connectivity index (χ4v) is 6.11. The van der Waals surface area contributed by atoms with Crippen molar-refractivity contribution >= 4 is 34.8 Å². The van der Waals surface area contributed by atoms with Crippen molar-refractivity contribution in [3.05, 3.63) is 162 Å². The molecule has 1 aliphatic rings. The van der Waals surface area contributed by atoms with Crippen molar-refractivity contribution in [2.75, 3.05) is 44.7 Å². The molecule has 248 valence electrons. The van der Waals surface area contributed by atoms with Gasteiger partial charge in [0.2, 0.25) is 0 Å². The number of thiocarbonyl (C=S) groups is 1. The first kappa shape index (κ1) is 33.4. The number of benzene rings is 5. The van der Waals surface area contributed by atoms with Crippen molar-refractivity contribution in [1.82, 2.24) is 15.1 Å². The zero-order valence-electron chi connectivity index (χ0n) is 27.0. The van der Waals surface area contributed by atoms with Gasteiger partial charge in [-0.15, -0.1) is 0 Å². The van der Waals surface area contributed by atoms with Gasteiger partial charge in [-0.05, 0) is 65.8 Å². The van der Waals surface area contributed by atoms with Gasteiger partial charge < -0.3 is 19.7 Å². The average molecular weight is 671 g/mol. The predicted molar refractivity (Wildman–Crippen MR) is 196 cm³/mol. The monoisotopic (exact) mass is 670 g/mol. The molecule has 0 atom stereocenters. The lowest BCUT2D eigenvalue weighted by atomic mass is 9.96. The Labute approximate surface area is 292 Å². The van der Waals surface area contributed by atoms with E-state index in [-0.39, 0.29) is 17.1 Å². The van der Waals surface area contributed by atoms with Crippen molar-refractivity contribution in [1.29, 1.82) is 0 Å². The molecule has 6 rings (SSSR count). The minimum Gasteiger partial charge on any atom is -0.490 e. The summed E-state index contributed by atoms with van der Waals surface area (Å²) in [4.78, 5) is 31.2. The SMILES string of the molecule is O=C(NC(=S)Nc1ccccc1C(=O)N1CCN(C(c2ccccc2)c2ccccc2)CC1)c1cccc(OCCOc2ccccc2)c1. The first-order chi connectivity index (χ1) is 24.0. The van der Waals surface area contributed by atoms with E-state index in [0.29, 0.717) is 48.9 Å². The molecule has 5 aromatic rings. The van der Waals surface area contributed by atoms with E-state index in [9.17, 15) is 9.59 Å². The number of anilines is 1. The molecule has 1 saturated heterocycles. The average Bonchev–Trinajstić information content (AvgIpc) is 3.15. The van der Waals surface area contributed by atoms with E-state index in [2.05, 4.69) is 64.1 Å². The van der Waals surface area contributed by atoms with E-state index in [4.69, 9.17) is 21.7 Å². The molecule has 0 aliphatic carbocycles. The van der Waals surface area contributed by atoms with Crippen molar-refractivity contribution < 1.29 is 19.1 Å². The quantitative estimate of drug-likeness (QED) is 0.118. The van der Waals surface area contributed by atoms with Crippen LogP contribution in [0.15, 0.2) is 140 Å². The summed E-state index contributed by atoms with van der Waals surface area (Å²) >= 11 is 5.49. The zero-order chi connectivity index (χ0) is 33.8. The van der Waals surface area contributed by atoms with Crippen molar-refractivity contribution in [3.8, 4) is 11.5 Å². The lowest BCUT2D eigenvalue weighted by molar-refractivity contribution is 0.0598. The zero-order valence-corrected chi connectivity index (χ0v) is 27.9. The minimum atomic E-state index is -0.394. The summed E-state index contributed by atoms with van der Waals surface area (Å²) in [7, 11) is 0. The molecular formula is C40H38N4O4S. The summed E-state index contributed by atoms with van der Waals surface area (Å²) in [6.07, 6.45) is 0. The van der Waals surface area contributed by atoms with Crippen LogP contribution in [0.3, 0.4) is 0 Å². The maximum absolute atomic E-state index is 13.8. The molecule has 1 fully saturated rings. The normalized spacial score (nSPS) is 13.0. The largest absolute Gasteiger partial charge is 0.490 e. The van der Waals surface area contributed by atoms with Crippen LogP contribution in [-0.4, -0.2) is 66.1 Å². The molecule has 8 nitrogen and oxygen atoms in total. The van der Waals surface area contributed by atoms with Crippen LogP contribution in [-0.2, 0) is 0 Å². The Morgan fingerprint density at radius 2 is 1.20 bits per heavy atom. The number of ether oxygens (including phenoxy) is 2. The highest BCUT2D eigenvalue weighted by Gasteiger charge is 2.29. The first-order valence-electron chi connectivity index (χ1n) is 16.3. The molecule has 0 unspecified atom stereocenters. The third-order valence-electron chi connectivity index (χ3n) is 8.29. The van der Waals surface area contributed by atoms with Gasteiger partial charge in [0.25, 0.3) is 11.8 Å². The molecule has 0 saturated carbocycles. The van der Waals surface area contributed by atoms with Gasteiger partial charge in [-0.25, -0.2) is 0 Å². The number of para-hydroxylation sites is 2. The van der Waals surface area contributed by atoms with Crippen molar-refractivity contribution in [3.63, 3.8) is 0 Å². The maximum Gasteiger partial charge on any atom is 0.257 e. The Balaban J connectivity index is 1.03. The second-order valence-electron chi connectivity index (χ2n) is 11.5. The van der Waals surface area contributed by atoms with Crippen LogP contribution in [0.4, 0.5) is 5.69 Å². The lowest BCUT2D eigenvalue weighted by Gasteiger charge is -2.40. The third kappa shape index (κ3) is 8.90. The third-order valence-corrected chi connectivity index (χ3v) is 8.49. The molecule has 0 spiro atoms. The van der Waals surface area contributed by atoms with E-state index < -0.39 is 5.91 Å². The molecule has 2 N–H and O–H groups in total. The van der Waals surface area contributed by atoms with Crippen molar-refractivity contribution in [2.45, 2.75) is 6.04 Å². The van der Waals surface area contributed by atoms with Crippen LogP contribution in [0.2, 0.25) is 0 Å². The number of nitrogens with zero attached hydrogens (tertiary/aromatic N) is 2. The second kappa shape index (κ2) is 16.5. The molecule has 9 heteroatoms. The van der Waals surface area contributed by atoms with Gasteiger partial charge in [-0.2, -0.15) is 0 Å². The van der Waals surface area contributed by atoms with Crippen molar-refractivity contribution in [2.24, 2.45) is 0 Å². The Hall–Kier alpha value is -5.51. The lowest BCUT2D eigenvalue weighted by Crippen LogP contribution is -2.50. The van der Waals surface area contributed by atoms with Gasteiger partial charge in [0.15, 0.2) is 5.11 Å². The molecule has 0 aromatic heterocycles. The summed E-state index contributed by atoms with van der Waals surface area (Å²) in [6.45, 7) is 3.31. The Morgan fingerprint density at radius 1 is 0.653 bits per heavy atom. The maximum atomic E-state index is 13.8. The summed E-state index contributed by atoms with van der Waals surface area (Å²) in [5, 5.41) is 5.88. The molecule has 0 radical (unpaired) electrons. The van der Waals surface area contributed by atoms with Gasteiger partial charge >= 0.3 is 0 Å². The fourth-order valence-electron chi connectivity index (χ4n) is 5.91. The highest BCUT2D eigenvalue weighted by molar-refractivity contribution is 7.80. The summed E-state index contributed by atoms with van der Waals surface area (Å²) in [6, 6.07) is 44.7. The van der Waals surface area contributed by atoms with Gasteiger partial charge in [0.1, 0.15) is 24.7 Å². The number of carbonyl (C=O) groups excluding carboxylic acids is 2. The molecule has 1 heterocycles. The Kier molecular flexibility index (Phi) is 11.3. The number of amides is 2. The topological polar surface area (TPSA) is 83.1 Å². The van der Waals surface area contributed by atoms with E-state index in [1.54, 1.807) is 36.4 Å². The number of hydrogen-bond acceptors (Lipinski definition) is 6. The molecule has 49 heavy (non-hydrogen) atoms. The Bertz CT molecular complexity index is 1810. The molecular weight excluding hydrogens is 633 g/mol. The predicted octanol–water partition coefficient (Wildman–Crippen LogP) is 6.82. The van der Waals surface area contributed by atoms with Crippen LogP contribution in [0.1, 0.15) is 37.9 Å². The molecule has 0 bridgehead atoms. The van der Waals surface area contributed by atoms with Crippen LogP contribution in [0, 0.1) is 0 Å². The van der Waals surface area contributed by atoms with E-state index in [0.717, 1.165) is 18.8 Å². The number of piperazine rings is 1. The summed E-state index contributed by atoms with van der Waals surface area (Å²) in [5.41, 5.74) is 3.86. The van der Waals surface area contributed by atoms with Crippen LogP contribution < -0.4 is 20.1 Å². The van der Waals surface area contributed by atoms with Gasteiger partial charge in [0, 0.05) is 31.7 Å². The van der Waals surface area contributed by atoms with Crippen LogP contribution in [0.5, 0.6) is 11.5 Å². The Morgan fingerprint density at radius 3 is 1.86 bits per heavy atom. The van der Waals surface area contributed by atoms with E-state index in [1.807, 2.05) is 59.5 Å². The highest BCUT2D eigenvalue weighted by atomic mass is 32.1. The molecule has 2 amide bonds. The number of carbonyl (C=O) groups is 2. The second-order valence-corrected chi connectivity index (χ2v) is 12.0.